The summed E-state index contributed by atoms with van der Waals surface area (Å²) in [4.78, 5) is 0. The minimum Gasteiger partial charge on any atom is -0.273 e. The molecule has 0 amide bonds. The molecule has 0 bridgehead atoms. The van der Waals surface area contributed by atoms with Gasteiger partial charge in [0, 0.05) is 19.3 Å². The van der Waals surface area contributed by atoms with Crippen molar-refractivity contribution in [2.45, 2.75) is 11.4 Å². The molecule has 0 aromatic rings. The standard InChI is InChI=1S/C5H8F5NO3S2/c1-11(16(12,13)14)2-3-15-5(9,10)4(6,7)8/h2-3H2,1H3,(H,12,13,14). The summed E-state index contributed by atoms with van der Waals surface area (Å²) in [5.41, 5.74) is 0. The molecular formula is C5H8F5NO3S2. The maximum Gasteiger partial charge on any atom is 0.464 e. The fourth-order valence-corrected chi connectivity index (χ4v) is 1.72. The molecule has 1 N–H and O–H groups in total. The van der Waals surface area contributed by atoms with Gasteiger partial charge in [-0.25, -0.2) is 0 Å². The Kier molecular flexibility index (Phi) is 4.98. The number of nitrogens with zero attached hydrogens (tertiary/aromatic N) is 1. The van der Waals surface area contributed by atoms with Crippen LogP contribution in [0, 0.1) is 0 Å². The number of halogens is 5. The third-order valence-electron chi connectivity index (χ3n) is 1.41. The summed E-state index contributed by atoms with van der Waals surface area (Å²) in [6, 6.07) is 0. The lowest BCUT2D eigenvalue weighted by atomic mass is 10.7. The topological polar surface area (TPSA) is 57.6 Å². The van der Waals surface area contributed by atoms with Crippen LogP contribution < -0.4 is 0 Å². The van der Waals surface area contributed by atoms with Crippen molar-refractivity contribution in [1.82, 2.24) is 4.31 Å². The monoisotopic (exact) mass is 289 g/mol. The molecule has 0 unspecified atom stereocenters. The summed E-state index contributed by atoms with van der Waals surface area (Å²) in [7, 11) is -3.71. The molecule has 4 nitrogen and oxygen atoms in total. The van der Waals surface area contributed by atoms with E-state index in [1.165, 1.54) is 0 Å². The van der Waals surface area contributed by atoms with Crippen LogP contribution in [0.3, 0.4) is 0 Å². The zero-order valence-electron chi connectivity index (χ0n) is 7.83. The normalized spacial score (nSPS) is 14.5. The number of rotatable bonds is 5. The lowest BCUT2D eigenvalue weighted by Gasteiger charge is -2.19. The van der Waals surface area contributed by atoms with Gasteiger partial charge >= 0.3 is 21.7 Å². The van der Waals surface area contributed by atoms with Gasteiger partial charge < -0.3 is 0 Å². The summed E-state index contributed by atoms with van der Waals surface area (Å²) >= 11 is -0.745. The average Bonchev–Trinajstić information content (AvgIpc) is 1.99. The Hall–Kier alpha value is -0.130. The highest BCUT2D eigenvalue weighted by atomic mass is 32.2. The highest BCUT2D eigenvalue weighted by Crippen LogP contribution is 2.43. The van der Waals surface area contributed by atoms with Gasteiger partial charge in [-0.15, -0.1) is 0 Å². The van der Waals surface area contributed by atoms with E-state index >= 15 is 0 Å². The fraction of sp³-hybridized carbons (Fsp3) is 1.00. The van der Waals surface area contributed by atoms with Crippen LogP contribution in [-0.4, -0.2) is 48.1 Å². The molecule has 16 heavy (non-hydrogen) atoms. The molecule has 0 rings (SSSR count). The molecule has 98 valence electrons. The first-order chi connectivity index (χ1) is 6.88. The molecule has 11 heteroatoms. The first kappa shape index (κ1) is 15.9. The summed E-state index contributed by atoms with van der Waals surface area (Å²) in [6.45, 7) is -0.658. The van der Waals surface area contributed by atoms with E-state index in [4.69, 9.17) is 4.55 Å². The van der Waals surface area contributed by atoms with Gasteiger partial charge in [-0.2, -0.15) is 34.7 Å². The highest BCUT2D eigenvalue weighted by molar-refractivity contribution is 8.00. The summed E-state index contributed by atoms with van der Waals surface area (Å²) in [5.74, 6) is -0.803. The van der Waals surface area contributed by atoms with Crippen LogP contribution in [0.5, 0.6) is 0 Å². The lowest BCUT2D eigenvalue weighted by molar-refractivity contribution is -0.237. The number of thioether (sulfide) groups is 1. The van der Waals surface area contributed by atoms with Crippen LogP contribution in [0.4, 0.5) is 22.0 Å². The van der Waals surface area contributed by atoms with E-state index in [-0.39, 0.29) is 4.31 Å². The van der Waals surface area contributed by atoms with E-state index in [2.05, 4.69) is 0 Å². The van der Waals surface area contributed by atoms with E-state index in [0.717, 1.165) is 7.05 Å². The van der Waals surface area contributed by atoms with Crippen molar-refractivity contribution in [2.75, 3.05) is 19.3 Å². The molecule has 0 radical (unpaired) electrons. The van der Waals surface area contributed by atoms with Crippen molar-refractivity contribution in [3.63, 3.8) is 0 Å². The second-order valence-electron chi connectivity index (χ2n) is 2.66. The summed E-state index contributed by atoms with van der Waals surface area (Å²) in [5, 5.41) is -4.94. The van der Waals surface area contributed by atoms with E-state index < -0.39 is 45.8 Å². The molecule has 0 aromatic heterocycles. The Morgan fingerprint density at radius 2 is 1.69 bits per heavy atom. The van der Waals surface area contributed by atoms with Crippen molar-refractivity contribution in [3.8, 4) is 0 Å². The van der Waals surface area contributed by atoms with Gasteiger partial charge in [0.05, 0.1) is 0 Å². The van der Waals surface area contributed by atoms with Crippen LogP contribution in [-0.2, 0) is 10.3 Å². The first-order valence-corrected chi connectivity index (χ1v) is 6.03. The van der Waals surface area contributed by atoms with E-state index in [1.807, 2.05) is 0 Å². The van der Waals surface area contributed by atoms with Crippen molar-refractivity contribution < 1.29 is 34.9 Å². The number of hydrogen-bond donors (Lipinski definition) is 1. The predicted octanol–water partition coefficient (Wildman–Crippen LogP) is 1.61. The predicted molar refractivity (Wildman–Crippen MR) is 47.6 cm³/mol. The molecule has 0 aliphatic heterocycles. The van der Waals surface area contributed by atoms with Crippen molar-refractivity contribution in [3.05, 3.63) is 0 Å². The summed E-state index contributed by atoms with van der Waals surface area (Å²) < 4.78 is 88.8. The van der Waals surface area contributed by atoms with Crippen LogP contribution >= 0.6 is 11.8 Å². The Balaban J connectivity index is 4.20. The number of hydrogen-bond acceptors (Lipinski definition) is 3. The summed E-state index contributed by atoms with van der Waals surface area (Å²) in [6.07, 6.45) is -5.69. The van der Waals surface area contributed by atoms with E-state index in [0.29, 0.717) is 0 Å². The SMILES string of the molecule is CN(CCSC(F)(F)C(F)(F)F)S(=O)(=O)O. The number of alkyl halides is 5. The quantitative estimate of drug-likeness (QED) is 0.617. The van der Waals surface area contributed by atoms with E-state index in [9.17, 15) is 30.4 Å². The Morgan fingerprint density at radius 1 is 1.25 bits per heavy atom. The fourth-order valence-electron chi connectivity index (χ4n) is 0.500. The molecule has 0 heterocycles. The largest absolute Gasteiger partial charge is 0.464 e. The van der Waals surface area contributed by atoms with Gasteiger partial charge in [0.15, 0.2) is 0 Å². The van der Waals surface area contributed by atoms with Gasteiger partial charge in [-0.3, -0.25) is 4.55 Å². The second kappa shape index (κ2) is 5.02. The molecule has 0 saturated carbocycles. The molecule has 0 aliphatic carbocycles. The van der Waals surface area contributed by atoms with Crippen LogP contribution in [0.15, 0.2) is 0 Å². The third kappa shape index (κ3) is 4.80. The lowest BCUT2D eigenvalue weighted by Crippen LogP contribution is -2.35. The Bertz CT molecular complexity index is 327. The molecule has 0 aromatic carbocycles. The van der Waals surface area contributed by atoms with Gasteiger partial charge in [0.1, 0.15) is 0 Å². The maximum atomic E-state index is 12.3. The van der Waals surface area contributed by atoms with Crippen molar-refractivity contribution in [1.29, 1.82) is 0 Å². The molecule has 0 saturated heterocycles. The smallest absolute Gasteiger partial charge is 0.273 e. The maximum absolute atomic E-state index is 12.3. The van der Waals surface area contributed by atoms with Crippen LogP contribution in [0.1, 0.15) is 0 Å². The molecule has 0 spiro atoms. The highest BCUT2D eigenvalue weighted by Gasteiger charge is 2.57. The average molecular weight is 289 g/mol. The zero-order valence-corrected chi connectivity index (χ0v) is 9.46. The minimum atomic E-state index is -5.69. The molecule has 0 aliphatic rings. The second-order valence-corrected chi connectivity index (χ2v) is 5.39. The van der Waals surface area contributed by atoms with Gasteiger partial charge in [0.25, 0.3) is 0 Å². The minimum absolute atomic E-state index is 0.256. The zero-order chi connectivity index (χ0) is 13.2. The Labute approximate surface area is 92.7 Å². The molecular weight excluding hydrogens is 281 g/mol. The van der Waals surface area contributed by atoms with Gasteiger partial charge in [-0.1, -0.05) is 11.8 Å². The molecule has 0 atom stereocenters. The van der Waals surface area contributed by atoms with Crippen LogP contribution in [0.2, 0.25) is 0 Å². The van der Waals surface area contributed by atoms with Crippen molar-refractivity contribution in [2.24, 2.45) is 0 Å². The van der Waals surface area contributed by atoms with Crippen LogP contribution in [0.25, 0.3) is 0 Å². The molecule has 0 fully saturated rings. The van der Waals surface area contributed by atoms with Gasteiger partial charge in [0.2, 0.25) is 0 Å². The van der Waals surface area contributed by atoms with E-state index in [1.54, 1.807) is 0 Å². The third-order valence-corrected chi connectivity index (χ3v) is 3.36. The van der Waals surface area contributed by atoms with Gasteiger partial charge in [-0.05, 0) is 0 Å². The van der Waals surface area contributed by atoms with Crippen molar-refractivity contribution >= 4 is 22.1 Å². The first-order valence-electron chi connectivity index (χ1n) is 3.65. The Morgan fingerprint density at radius 3 is 2.00 bits per heavy atom.